The molecule has 0 radical (unpaired) electrons. The lowest BCUT2D eigenvalue weighted by Gasteiger charge is -2.28. The minimum absolute atomic E-state index is 0.00880. The van der Waals surface area contributed by atoms with E-state index < -0.39 is 11.8 Å². The molecule has 1 N–H and O–H groups in total. The molecule has 0 aliphatic carbocycles. The Bertz CT molecular complexity index is 1120. The van der Waals surface area contributed by atoms with E-state index in [0.717, 1.165) is 0 Å². The summed E-state index contributed by atoms with van der Waals surface area (Å²) in [6.07, 6.45) is 2.84. The van der Waals surface area contributed by atoms with Gasteiger partial charge in [-0.25, -0.2) is 0 Å². The molecule has 2 amide bonds. The molecule has 0 bridgehead atoms. The summed E-state index contributed by atoms with van der Waals surface area (Å²) in [7, 11) is 0. The summed E-state index contributed by atoms with van der Waals surface area (Å²) in [5, 5.41) is 2.54. The highest BCUT2D eigenvalue weighted by molar-refractivity contribution is 9.10. The molecule has 2 heterocycles. The first-order valence-electron chi connectivity index (χ1n) is 8.50. The van der Waals surface area contributed by atoms with Crippen LogP contribution < -0.4 is 15.0 Å². The third kappa shape index (κ3) is 4.13. The fraction of sp³-hybridized carbons (Fsp3) is 0. The molecule has 144 valence electrons. The monoisotopic (exact) mass is 468 g/mol. The lowest BCUT2D eigenvalue weighted by atomic mass is 10.1. The normalized spacial score (nSPS) is 15.6. The Labute approximate surface area is 179 Å². The molecule has 6 nitrogen and oxygen atoms in total. The first-order chi connectivity index (χ1) is 14.0. The van der Waals surface area contributed by atoms with Crippen molar-refractivity contribution < 1.29 is 18.7 Å². The van der Waals surface area contributed by atoms with Crippen molar-refractivity contribution in [3.63, 3.8) is 0 Å². The van der Waals surface area contributed by atoms with Gasteiger partial charge in [-0.15, -0.1) is 0 Å². The van der Waals surface area contributed by atoms with Crippen molar-refractivity contribution in [3.8, 4) is 11.5 Å². The minimum Gasteiger partial charge on any atom is -0.464 e. The van der Waals surface area contributed by atoms with E-state index in [2.05, 4.69) is 21.2 Å². The van der Waals surface area contributed by atoms with Gasteiger partial charge in [0.25, 0.3) is 11.8 Å². The Balaban J connectivity index is 1.59. The second-order valence-electron chi connectivity index (χ2n) is 6.03. The van der Waals surface area contributed by atoms with Gasteiger partial charge in [-0.05, 0) is 76.7 Å². The van der Waals surface area contributed by atoms with Crippen molar-refractivity contribution in [2.24, 2.45) is 0 Å². The van der Waals surface area contributed by atoms with Crippen LogP contribution in [-0.4, -0.2) is 16.9 Å². The molecule has 4 rings (SSSR count). The summed E-state index contributed by atoms with van der Waals surface area (Å²) in [4.78, 5) is 26.5. The molecular formula is C21H13BrN2O4S. The fourth-order valence-electron chi connectivity index (χ4n) is 2.73. The SMILES string of the molecule is O=C1NC(=S)N(c2ccc(Oc3ccccc3)cc2)C(=O)C1=Cc1cc(Br)co1. The first-order valence-corrected chi connectivity index (χ1v) is 9.70. The number of nitrogens with zero attached hydrogens (tertiary/aromatic N) is 1. The first kappa shape index (κ1) is 19.1. The lowest BCUT2D eigenvalue weighted by Crippen LogP contribution is -2.54. The molecule has 3 aromatic rings. The molecule has 2 aromatic carbocycles. The van der Waals surface area contributed by atoms with Crippen LogP contribution in [0.4, 0.5) is 5.69 Å². The third-order valence-electron chi connectivity index (χ3n) is 4.05. The minimum atomic E-state index is -0.576. The quantitative estimate of drug-likeness (QED) is 0.342. The fourth-order valence-corrected chi connectivity index (χ4v) is 3.33. The molecule has 1 saturated heterocycles. The van der Waals surface area contributed by atoms with Crippen molar-refractivity contribution in [2.45, 2.75) is 0 Å². The largest absolute Gasteiger partial charge is 0.464 e. The molecule has 0 saturated carbocycles. The summed E-state index contributed by atoms with van der Waals surface area (Å²) in [5.41, 5.74) is 0.428. The van der Waals surface area contributed by atoms with Crippen LogP contribution >= 0.6 is 28.1 Å². The molecule has 1 aliphatic rings. The van der Waals surface area contributed by atoms with E-state index >= 15 is 0 Å². The predicted octanol–water partition coefficient (Wildman–Crippen LogP) is 4.67. The van der Waals surface area contributed by atoms with Gasteiger partial charge in [-0.2, -0.15) is 0 Å². The average Bonchev–Trinajstić information content (AvgIpc) is 3.12. The average molecular weight is 469 g/mol. The zero-order valence-corrected chi connectivity index (χ0v) is 17.2. The van der Waals surface area contributed by atoms with E-state index in [1.54, 1.807) is 30.3 Å². The highest BCUT2D eigenvalue weighted by atomic mass is 79.9. The zero-order valence-electron chi connectivity index (χ0n) is 14.8. The number of furan rings is 1. The van der Waals surface area contributed by atoms with Gasteiger partial charge in [0.1, 0.15) is 29.1 Å². The van der Waals surface area contributed by atoms with Gasteiger partial charge >= 0.3 is 0 Å². The lowest BCUT2D eigenvalue weighted by molar-refractivity contribution is -0.122. The van der Waals surface area contributed by atoms with Crippen LogP contribution in [0.3, 0.4) is 0 Å². The van der Waals surface area contributed by atoms with Crippen LogP contribution in [0.1, 0.15) is 5.76 Å². The molecule has 0 atom stereocenters. The van der Waals surface area contributed by atoms with Gasteiger partial charge in [-0.1, -0.05) is 18.2 Å². The van der Waals surface area contributed by atoms with Gasteiger partial charge in [0.15, 0.2) is 5.11 Å². The second-order valence-corrected chi connectivity index (χ2v) is 7.34. The van der Waals surface area contributed by atoms with Gasteiger partial charge in [-0.3, -0.25) is 19.8 Å². The highest BCUT2D eigenvalue weighted by Crippen LogP contribution is 2.27. The Morgan fingerprint density at radius 2 is 1.72 bits per heavy atom. The topological polar surface area (TPSA) is 71.8 Å². The van der Waals surface area contributed by atoms with E-state index in [0.29, 0.717) is 27.4 Å². The third-order valence-corrected chi connectivity index (χ3v) is 4.75. The smallest absolute Gasteiger partial charge is 0.270 e. The number of para-hydroxylation sites is 1. The zero-order chi connectivity index (χ0) is 20.4. The summed E-state index contributed by atoms with van der Waals surface area (Å²) in [5.74, 6) is 0.563. The van der Waals surface area contributed by atoms with Crippen molar-refractivity contribution in [1.82, 2.24) is 5.32 Å². The highest BCUT2D eigenvalue weighted by Gasteiger charge is 2.34. The number of hydrogen-bond acceptors (Lipinski definition) is 5. The van der Waals surface area contributed by atoms with Crippen molar-refractivity contribution in [1.29, 1.82) is 0 Å². The Morgan fingerprint density at radius 1 is 1.03 bits per heavy atom. The summed E-state index contributed by atoms with van der Waals surface area (Å²) in [6, 6.07) is 17.8. The number of ether oxygens (including phenoxy) is 1. The molecule has 1 fully saturated rings. The van der Waals surface area contributed by atoms with E-state index in [1.165, 1.54) is 17.2 Å². The number of benzene rings is 2. The van der Waals surface area contributed by atoms with Gasteiger partial charge < -0.3 is 9.15 Å². The number of nitrogens with one attached hydrogen (secondary N) is 1. The number of hydrogen-bond donors (Lipinski definition) is 1. The maximum absolute atomic E-state index is 13.0. The molecule has 8 heteroatoms. The van der Waals surface area contributed by atoms with Crippen molar-refractivity contribution in [3.05, 3.63) is 82.7 Å². The number of halogens is 1. The van der Waals surface area contributed by atoms with E-state index in [1.807, 2.05) is 30.3 Å². The van der Waals surface area contributed by atoms with E-state index in [9.17, 15) is 9.59 Å². The van der Waals surface area contributed by atoms with Crippen LogP contribution in [0.15, 0.2) is 81.4 Å². The van der Waals surface area contributed by atoms with Crippen molar-refractivity contribution in [2.75, 3.05) is 4.90 Å². The Hall–Kier alpha value is -3.23. The summed E-state index contributed by atoms with van der Waals surface area (Å²) < 4.78 is 11.7. The van der Waals surface area contributed by atoms with Crippen LogP contribution in [0.2, 0.25) is 0 Å². The predicted molar refractivity (Wildman–Crippen MR) is 116 cm³/mol. The molecular weight excluding hydrogens is 456 g/mol. The Morgan fingerprint density at radius 3 is 2.38 bits per heavy atom. The molecule has 1 aliphatic heterocycles. The van der Waals surface area contributed by atoms with Crippen molar-refractivity contribution >= 4 is 56.8 Å². The van der Waals surface area contributed by atoms with Crippen LogP contribution in [0.5, 0.6) is 11.5 Å². The number of thiocarbonyl (C=S) groups is 1. The molecule has 29 heavy (non-hydrogen) atoms. The number of rotatable bonds is 4. The standard InChI is InChI=1S/C21H13BrN2O4S/c22-13-10-17(27-12-13)11-18-19(25)23-21(29)24(20(18)26)14-6-8-16(9-7-14)28-15-4-2-1-3-5-15/h1-12H,(H,23,25,29). The Kier molecular flexibility index (Phi) is 5.28. The van der Waals surface area contributed by atoms with Gasteiger partial charge in [0.2, 0.25) is 0 Å². The summed E-state index contributed by atoms with van der Waals surface area (Å²) in [6.45, 7) is 0. The van der Waals surface area contributed by atoms with Gasteiger partial charge in [0.05, 0.1) is 10.2 Å². The maximum atomic E-state index is 13.0. The number of carbonyl (C=O) groups excluding carboxylic acids is 2. The molecule has 1 aromatic heterocycles. The van der Waals surface area contributed by atoms with Crippen LogP contribution in [0, 0.1) is 0 Å². The number of anilines is 1. The maximum Gasteiger partial charge on any atom is 0.270 e. The van der Waals surface area contributed by atoms with E-state index in [-0.39, 0.29) is 10.7 Å². The molecule has 0 spiro atoms. The van der Waals surface area contributed by atoms with Gasteiger partial charge in [0, 0.05) is 0 Å². The van der Waals surface area contributed by atoms with E-state index in [4.69, 9.17) is 21.4 Å². The summed E-state index contributed by atoms with van der Waals surface area (Å²) >= 11 is 8.47. The van der Waals surface area contributed by atoms with Crippen LogP contribution in [-0.2, 0) is 9.59 Å². The number of carbonyl (C=O) groups is 2. The molecule has 0 unspecified atom stereocenters. The van der Waals surface area contributed by atoms with Crippen LogP contribution in [0.25, 0.3) is 6.08 Å². The number of amides is 2. The second kappa shape index (κ2) is 8.02.